The van der Waals surface area contributed by atoms with E-state index in [2.05, 4.69) is 21.2 Å². The van der Waals surface area contributed by atoms with Crippen LogP contribution in [-0.2, 0) is 9.59 Å². The molecular weight excluding hydrogens is 330 g/mol. The number of thiophene rings is 1. The summed E-state index contributed by atoms with van der Waals surface area (Å²) in [7, 11) is 0. The summed E-state index contributed by atoms with van der Waals surface area (Å²) in [5.74, 6) is -1.74. The van der Waals surface area contributed by atoms with Crippen LogP contribution in [0.2, 0.25) is 0 Å². The second-order valence-electron chi connectivity index (χ2n) is 4.43. The molecule has 2 N–H and O–H groups in total. The van der Waals surface area contributed by atoms with E-state index in [1.807, 2.05) is 26.0 Å². The molecule has 0 bridgehead atoms. The van der Waals surface area contributed by atoms with Crippen LogP contribution >= 0.6 is 27.3 Å². The van der Waals surface area contributed by atoms with Crippen molar-refractivity contribution < 1.29 is 14.7 Å². The number of hydrogen-bond acceptors (Lipinski definition) is 3. The quantitative estimate of drug-likeness (QED) is 0.795. The lowest BCUT2D eigenvalue weighted by atomic mass is 10.0. The Kier molecular flexibility index (Phi) is 6.51. The molecule has 0 radical (unpaired) electrons. The van der Waals surface area contributed by atoms with Crippen LogP contribution in [0, 0.1) is 5.92 Å². The topological polar surface area (TPSA) is 66.4 Å². The van der Waals surface area contributed by atoms with Crippen LogP contribution in [-0.4, -0.2) is 23.5 Å². The van der Waals surface area contributed by atoms with Crippen LogP contribution in [0.4, 0.5) is 0 Å². The van der Waals surface area contributed by atoms with Crippen LogP contribution in [0.15, 0.2) is 15.9 Å². The molecule has 1 rings (SSSR count). The highest BCUT2D eigenvalue weighted by Gasteiger charge is 2.21. The average Bonchev–Trinajstić information content (AvgIpc) is 2.79. The van der Waals surface area contributed by atoms with E-state index in [-0.39, 0.29) is 18.4 Å². The fraction of sp³-hybridized carbons (Fsp3) is 0.538. The highest BCUT2D eigenvalue weighted by molar-refractivity contribution is 9.11. The average molecular weight is 348 g/mol. The number of halogens is 1. The molecule has 0 aliphatic rings. The van der Waals surface area contributed by atoms with Gasteiger partial charge in [0.15, 0.2) is 0 Å². The summed E-state index contributed by atoms with van der Waals surface area (Å²) < 4.78 is 0.983. The number of rotatable bonds is 7. The number of amides is 1. The van der Waals surface area contributed by atoms with Gasteiger partial charge in [-0.05, 0) is 41.4 Å². The summed E-state index contributed by atoms with van der Waals surface area (Å²) in [6.45, 7) is 3.95. The van der Waals surface area contributed by atoms with Crippen molar-refractivity contribution in [1.29, 1.82) is 0 Å². The maximum Gasteiger partial charge on any atom is 0.308 e. The molecular formula is C13H18BrNO3S. The fourth-order valence-electron chi connectivity index (χ4n) is 1.73. The van der Waals surface area contributed by atoms with Gasteiger partial charge in [0.25, 0.3) is 0 Å². The molecule has 1 aromatic heterocycles. The summed E-state index contributed by atoms with van der Waals surface area (Å²) in [6, 6.07) is 3.81. The van der Waals surface area contributed by atoms with Gasteiger partial charge in [0.2, 0.25) is 5.91 Å². The van der Waals surface area contributed by atoms with E-state index in [1.54, 1.807) is 0 Å². The molecule has 19 heavy (non-hydrogen) atoms. The molecule has 0 aliphatic carbocycles. The van der Waals surface area contributed by atoms with E-state index in [0.717, 1.165) is 15.1 Å². The largest absolute Gasteiger partial charge is 0.481 e. The first kappa shape index (κ1) is 16.2. The molecule has 0 fully saturated rings. The van der Waals surface area contributed by atoms with Crippen molar-refractivity contribution in [2.24, 2.45) is 5.92 Å². The molecule has 0 aromatic carbocycles. The number of aliphatic carboxylic acids is 1. The van der Waals surface area contributed by atoms with Crippen LogP contribution < -0.4 is 5.32 Å². The highest BCUT2D eigenvalue weighted by Crippen LogP contribution is 2.28. The zero-order chi connectivity index (χ0) is 14.4. The Morgan fingerprint density at radius 3 is 2.63 bits per heavy atom. The first-order valence-electron chi connectivity index (χ1n) is 6.21. The van der Waals surface area contributed by atoms with Crippen molar-refractivity contribution >= 4 is 39.1 Å². The smallest absolute Gasteiger partial charge is 0.308 e. The van der Waals surface area contributed by atoms with Crippen molar-refractivity contribution in [2.45, 2.75) is 32.6 Å². The van der Waals surface area contributed by atoms with Crippen molar-refractivity contribution in [3.8, 4) is 0 Å². The van der Waals surface area contributed by atoms with Crippen LogP contribution in [0.5, 0.6) is 0 Å². The maximum absolute atomic E-state index is 12.0. The molecule has 0 aliphatic heterocycles. The van der Waals surface area contributed by atoms with Gasteiger partial charge in [0.05, 0.1) is 15.6 Å². The van der Waals surface area contributed by atoms with E-state index < -0.39 is 11.9 Å². The summed E-state index contributed by atoms with van der Waals surface area (Å²) in [4.78, 5) is 23.9. The third-order valence-corrected chi connectivity index (χ3v) is 4.73. The minimum atomic E-state index is -0.853. The molecule has 0 saturated heterocycles. The third kappa shape index (κ3) is 4.95. The van der Waals surface area contributed by atoms with Crippen LogP contribution in [0.1, 0.15) is 37.5 Å². The lowest BCUT2D eigenvalue weighted by Crippen LogP contribution is -2.35. The second kappa shape index (κ2) is 7.65. The Labute approximate surface area is 125 Å². The van der Waals surface area contributed by atoms with Crippen molar-refractivity contribution in [3.05, 3.63) is 20.8 Å². The van der Waals surface area contributed by atoms with Gasteiger partial charge in [-0.3, -0.25) is 9.59 Å². The van der Waals surface area contributed by atoms with Crippen LogP contribution in [0.3, 0.4) is 0 Å². The normalized spacial score (nSPS) is 13.8. The van der Waals surface area contributed by atoms with Crippen molar-refractivity contribution in [1.82, 2.24) is 5.32 Å². The van der Waals surface area contributed by atoms with Gasteiger partial charge in [0, 0.05) is 11.4 Å². The Bertz CT molecular complexity index is 447. The van der Waals surface area contributed by atoms with Gasteiger partial charge in [-0.15, -0.1) is 11.3 Å². The molecule has 1 aromatic rings. The first-order valence-corrected chi connectivity index (χ1v) is 7.82. The lowest BCUT2D eigenvalue weighted by Gasteiger charge is -2.15. The molecule has 2 unspecified atom stereocenters. The minimum absolute atomic E-state index is 0.128. The number of nitrogens with one attached hydrogen (secondary N) is 1. The van der Waals surface area contributed by atoms with Gasteiger partial charge >= 0.3 is 5.97 Å². The minimum Gasteiger partial charge on any atom is -0.481 e. The molecule has 106 valence electrons. The van der Waals surface area contributed by atoms with E-state index in [4.69, 9.17) is 5.11 Å². The van der Waals surface area contributed by atoms with E-state index in [0.29, 0.717) is 6.42 Å². The van der Waals surface area contributed by atoms with Gasteiger partial charge < -0.3 is 10.4 Å². The first-order chi connectivity index (χ1) is 8.95. The number of carbonyl (C=O) groups excluding carboxylic acids is 1. The summed E-state index contributed by atoms with van der Waals surface area (Å²) in [6.07, 6.45) is 1.37. The molecule has 0 saturated carbocycles. The predicted octanol–water partition coefficient (Wildman–Crippen LogP) is 3.23. The van der Waals surface area contributed by atoms with Crippen molar-refractivity contribution in [2.75, 3.05) is 6.54 Å². The molecule has 1 amide bonds. The highest BCUT2D eigenvalue weighted by atomic mass is 79.9. The Morgan fingerprint density at radius 2 is 2.16 bits per heavy atom. The summed E-state index contributed by atoms with van der Waals surface area (Å²) in [5.41, 5.74) is 0. The van der Waals surface area contributed by atoms with Gasteiger partial charge in [-0.1, -0.05) is 13.3 Å². The Morgan fingerprint density at radius 1 is 1.47 bits per heavy atom. The molecule has 2 atom stereocenters. The molecule has 0 spiro atoms. The van der Waals surface area contributed by atoms with Crippen LogP contribution in [0.25, 0.3) is 0 Å². The lowest BCUT2D eigenvalue weighted by molar-refractivity contribution is -0.142. The Balaban J connectivity index is 2.52. The molecule has 6 heteroatoms. The SMILES string of the molecule is CCCC(CNC(=O)C(C)c1ccc(Br)s1)C(=O)O. The standard InChI is InChI=1S/C13H18BrNO3S/c1-3-4-9(13(17)18)7-15-12(16)8(2)10-5-6-11(14)19-10/h5-6,8-9H,3-4,7H2,1-2H3,(H,15,16)(H,17,18). The van der Waals surface area contributed by atoms with Gasteiger partial charge in [-0.25, -0.2) is 0 Å². The summed E-state index contributed by atoms with van der Waals surface area (Å²) in [5, 5.41) is 11.7. The summed E-state index contributed by atoms with van der Waals surface area (Å²) >= 11 is 4.87. The van der Waals surface area contributed by atoms with E-state index in [1.165, 1.54) is 11.3 Å². The zero-order valence-electron chi connectivity index (χ0n) is 11.0. The van der Waals surface area contributed by atoms with Crippen molar-refractivity contribution in [3.63, 3.8) is 0 Å². The number of carboxylic acids is 1. The number of carbonyl (C=O) groups is 2. The fourth-order valence-corrected chi connectivity index (χ4v) is 3.20. The zero-order valence-corrected chi connectivity index (χ0v) is 13.4. The molecule has 4 nitrogen and oxygen atoms in total. The second-order valence-corrected chi connectivity index (χ2v) is 6.93. The van der Waals surface area contributed by atoms with E-state index in [9.17, 15) is 9.59 Å². The molecule has 1 heterocycles. The number of hydrogen-bond donors (Lipinski definition) is 2. The Hall–Kier alpha value is -0.880. The van der Waals surface area contributed by atoms with Gasteiger partial charge in [-0.2, -0.15) is 0 Å². The number of carboxylic acid groups (broad SMARTS) is 1. The van der Waals surface area contributed by atoms with Gasteiger partial charge in [0.1, 0.15) is 0 Å². The monoisotopic (exact) mass is 347 g/mol. The maximum atomic E-state index is 12.0. The predicted molar refractivity (Wildman–Crippen MR) is 79.5 cm³/mol. The van der Waals surface area contributed by atoms with E-state index >= 15 is 0 Å². The third-order valence-electron chi connectivity index (χ3n) is 2.92.